The zero-order chi connectivity index (χ0) is 29.9. The minimum absolute atomic E-state index is 0.942. The summed E-state index contributed by atoms with van der Waals surface area (Å²) in [6, 6.07) is 47.8. The number of fused-ring (bicyclic) bond motifs is 2. The maximum atomic E-state index is 5.02. The Balaban J connectivity index is 1.36. The normalized spacial score (nSPS) is 12.0. The summed E-state index contributed by atoms with van der Waals surface area (Å²) in [6.07, 6.45) is 9.69. The molecule has 0 aliphatic heterocycles. The van der Waals surface area contributed by atoms with Gasteiger partial charge in [-0.3, -0.25) is 4.40 Å². The van der Waals surface area contributed by atoms with E-state index in [2.05, 4.69) is 164 Å². The molecule has 0 fully saturated rings. The molecule has 7 rings (SSSR count). The number of hydrogen-bond acceptors (Lipinski definition) is 1. The van der Waals surface area contributed by atoms with Gasteiger partial charge in [0.05, 0.1) is 11.4 Å². The number of aromatic nitrogens is 2. The fourth-order valence-corrected chi connectivity index (χ4v) is 5.99. The predicted octanol–water partition coefficient (Wildman–Crippen LogP) is 11.5. The Morgan fingerprint density at radius 2 is 1.39 bits per heavy atom. The number of rotatable bonds is 7. The van der Waals surface area contributed by atoms with Gasteiger partial charge in [-0.25, -0.2) is 4.98 Å². The number of imidazole rings is 1. The molecule has 2 heteroatoms. The Hall–Kier alpha value is -5.47. The molecule has 2 heterocycles. The average Bonchev–Trinajstić information content (AvgIpc) is 3.48. The standard InChI is InChI=1S/C42H34N2/c1-3-4-6-14-30(2)35-27-36(29-37(28-35)39-20-13-18-32-15-9-10-19-38(32)39)31-22-24-34(25-23-31)42-41(33-16-7-5-8-17-33)43-40-21-11-12-26-44(40)42/h4-29H,3H2,1-2H3/b6-4-,30-14+. The van der Waals surface area contributed by atoms with E-state index in [0.29, 0.717) is 0 Å². The van der Waals surface area contributed by atoms with Crippen LogP contribution in [0.25, 0.3) is 66.8 Å². The second kappa shape index (κ2) is 12.0. The van der Waals surface area contributed by atoms with Crippen LogP contribution in [0, 0.1) is 0 Å². The van der Waals surface area contributed by atoms with Gasteiger partial charge in [-0.2, -0.15) is 0 Å². The zero-order valence-corrected chi connectivity index (χ0v) is 25.1. The molecule has 2 aromatic heterocycles. The van der Waals surface area contributed by atoms with E-state index in [9.17, 15) is 0 Å². The SMILES string of the molecule is CC/C=C\C=C(/C)c1cc(-c2ccc(-c3c(-c4ccccc4)nc4ccccn34)cc2)cc(-c2cccc3ccccc23)c1. The van der Waals surface area contributed by atoms with Crippen molar-refractivity contribution in [3.05, 3.63) is 163 Å². The molecule has 0 bridgehead atoms. The van der Waals surface area contributed by atoms with Gasteiger partial charge in [0.1, 0.15) is 5.65 Å². The molecule has 2 nitrogen and oxygen atoms in total. The van der Waals surface area contributed by atoms with Crippen LogP contribution in [0.2, 0.25) is 0 Å². The van der Waals surface area contributed by atoms with Crippen molar-refractivity contribution in [2.24, 2.45) is 0 Å². The fraction of sp³-hybridized carbons (Fsp3) is 0.0714. The van der Waals surface area contributed by atoms with Gasteiger partial charge >= 0.3 is 0 Å². The van der Waals surface area contributed by atoms with Gasteiger partial charge in [-0.15, -0.1) is 0 Å². The third kappa shape index (κ3) is 5.27. The highest BCUT2D eigenvalue weighted by molar-refractivity contribution is 5.98. The molecule has 212 valence electrons. The summed E-state index contributed by atoms with van der Waals surface area (Å²) >= 11 is 0. The Morgan fingerprint density at radius 1 is 0.659 bits per heavy atom. The second-order valence-corrected chi connectivity index (χ2v) is 11.2. The van der Waals surface area contributed by atoms with Crippen LogP contribution in [0.4, 0.5) is 0 Å². The smallest absolute Gasteiger partial charge is 0.137 e. The van der Waals surface area contributed by atoms with E-state index >= 15 is 0 Å². The summed E-state index contributed by atoms with van der Waals surface area (Å²) in [4.78, 5) is 5.02. The fourth-order valence-electron chi connectivity index (χ4n) is 5.99. The lowest BCUT2D eigenvalue weighted by Crippen LogP contribution is -1.91. The first-order valence-corrected chi connectivity index (χ1v) is 15.3. The van der Waals surface area contributed by atoms with Crippen molar-refractivity contribution in [1.29, 1.82) is 0 Å². The molecule has 7 aromatic rings. The molecular weight excluding hydrogens is 532 g/mol. The molecule has 0 aliphatic rings. The number of pyridine rings is 1. The highest BCUT2D eigenvalue weighted by Gasteiger charge is 2.16. The third-order valence-corrected chi connectivity index (χ3v) is 8.28. The predicted molar refractivity (Wildman–Crippen MR) is 188 cm³/mol. The molecular formula is C42H34N2. The lowest BCUT2D eigenvalue weighted by atomic mass is 9.91. The summed E-state index contributed by atoms with van der Waals surface area (Å²) in [5, 5.41) is 2.52. The third-order valence-electron chi connectivity index (χ3n) is 8.28. The van der Waals surface area contributed by atoms with E-state index in [4.69, 9.17) is 4.98 Å². The van der Waals surface area contributed by atoms with Gasteiger partial charge in [0, 0.05) is 17.3 Å². The summed E-state index contributed by atoms with van der Waals surface area (Å²) < 4.78 is 2.19. The van der Waals surface area contributed by atoms with Crippen molar-refractivity contribution < 1.29 is 0 Å². The molecule has 0 aliphatic carbocycles. The van der Waals surface area contributed by atoms with Gasteiger partial charge in [-0.1, -0.05) is 128 Å². The highest BCUT2D eigenvalue weighted by Crippen LogP contribution is 2.37. The number of nitrogens with zero attached hydrogens (tertiary/aromatic N) is 2. The quantitative estimate of drug-likeness (QED) is 0.175. The van der Waals surface area contributed by atoms with Crippen molar-refractivity contribution in [1.82, 2.24) is 9.38 Å². The lowest BCUT2D eigenvalue weighted by Gasteiger charge is -2.14. The first-order valence-electron chi connectivity index (χ1n) is 15.3. The molecule has 0 N–H and O–H groups in total. The number of hydrogen-bond donors (Lipinski definition) is 0. The minimum Gasteiger partial charge on any atom is -0.299 e. The van der Waals surface area contributed by atoms with Crippen LogP contribution in [-0.2, 0) is 0 Å². The molecule has 0 saturated heterocycles. The first kappa shape index (κ1) is 27.4. The summed E-state index contributed by atoms with van der Waals surface area (Å²) in [7, 11) is 0. The lowest BCUT2D eigenvalue weighted by molar-refractivity contribution is 1.19. The average molecular weight is 567 g/mol. The molecule has 0 atom stereocenters. The van der Waals surface area contributed by atoms with E-state index in [1.165, 1.54) is 44.2 Å². The molecule has 0 unspecified atom stereocenters. The number of benzene rings is 5. The Kier molecular flexibility index (Phi) is 7.48. The van der Waals surface area contributed by atoms with Crippen molar-refractivity contribution in [2.75, 3.05) is 0 Å². The van der Waals surface area contributed by atoms with Crippen molar-refractivity contribution in [2.45, 2.75) is 20.3 Å². The van der Waals surface area contributed by atoms with Crippen LogP contribution < -0.4 is 0 Å². The summed E-state index contributed by atoms with van der Waals surface area (Å²) in [5.41, 5.74) is 12.6. The molecule has 0 radical (unpaired) electrons. The van der Waals surface area contributed by atoms with Gasteiger partial charge in [0.15, 0.2) is 0 Å². The molecule has 5 aromatic carbocycles. The van der Waals surface area contributed by atoms with Gasteiger partial charge in [-0.05, 0) is 87.8 Å². The highest BCUT2D eigenvalue weighted by atomic mass is 15.0. The van der Waals surface area contributed by atoms with Crippen LogP contribution in [0.15, 0.2) is 158 Å². The maximum absolute atomic E-state index is 5.02. The summed E-state index contributed by atoms with van der Waals surface area (Å²) in [6.45, 7) is 4.36. The van der Waals surface area contributed by atoms with Crippen molar-refractivity contribution in [3.63, 3.8) is 0 Å². The molecule has 0 amide bonds. The largest absolute Gasteiger partial charge is 0.299 e. The Labute approximate surface area is 259 Å². The van der Waals surface area contributed by atoms with E-state index in [0.717, 1.165) is 34.6 Å². The molecule has 0 spiro atoms. The van der Waals surface area contributed by atoms with Crippen LogP contribution in [-0.4, -0.2) is 9.38 Å². The van der Waals surface area contributed by atoms with Crippen LogP contribution in [0.1, 0.15) is 25.8 Å². The van der Waals surface area contributed by atoms with Gasteiger partial charge in [0.2, 0.25) is 0 Å². The van der Waals surface area contributed by atoms with E-state index in [1.54, 1.807) is 0 Å². The number of allylic oxidation sites excluding steroid dienone is 4. The monoisotopic (exact) mass is 566 g/mol. The zero-order valence-electron chi connectivity index (χ0n) is 25.1. The minimum atomic E-state index is 0.942. The van der Waals surface area contributed by atoms with E-state index in [-0.39, 0.29) is 0 Å². The Morgan fingerprint density at radius 3 is 2.23 bits per heavy atom. The van der Waals surface area contributed by atoms with Gasteiger partial charge < -0.3 is 0 Å². The van der Waals surface area contributed by atoms with Crippen LogP contribution in [0.3, 0.4) is 0 Å². The molecule has 44 heavy (non-hydrogen) atoms. The molecule has 0 saturated carbocycles. The second-order valence-electron chi connectivity index (χ2n) is 11.2. The van der Waals surface area contributed by atoms with E-state index < -0.39 is 0 Å². The Bertz CT molecular complexity index is 2140. The van der Waals surface area contributed by atoms with Crippen molar-refractivity contribution >= 4 is 22.0 Å². The van der Waals surface area contributed by atoms with Crippen molar-refractivity contribution in [3.8, 4) is 44.8 Å². The maximum Gasteiger partial charge on any atom is 0.137 e. The topological polar surface area (TPSA) is 17.3 Å². The first-order chi connectivity index (χ1) is 21.7. The van der Waals surface area contributed by atoms with Gasteiger partial charge in [0.25, 0.3) is 0 Å². The van der Waals surface area contributed by atoms with Crippen LogP contribution >= 0.6 is 0 Å². The summed E-state index contributed by atoms with van der Waals surface area (Å²) in [5.74, 6) is 0. The van der Waals surface area contributed by atoms with E-state index in [1.807, 2.05) is 12.1 Å². The van der Waals surface area contributed by atoms with Crippen LogP contribution in [0.5, 0.6) is 0 Å².